The van der Waals surface area contributed by atoms with Crippen LogP contribution in [0.5, 0.6) is 0 Å². The molecule has 1 heterocycles. The molecule has 0 saturated carbocycles. The Balaban J connectivity index is 2.30. The Bertz CT molecular complexity index is 555. The topological polar surface area (TPSA) is 83.6 Å². The molecule has 0 fully saturated rings. The predicted molar refractivity (Wildman–Crippen MR) is 60.0 cm³/mol. The van der Waals surface area contributed by atoms with Crippen molar-refractivity contribution in [2.24, 2.45) is 0 Å². The molecule has 84 valence electrons. The summed E-state index contributed by atoms with van der Waals surface area (Å²) in [7, 11) is 0. The molecule has 0 saturated heterocycles. The van der Waals surface area contributed by atoms with Gasteiger partial charge in [-0.15, -0.1) is 5.10 Å². The number of nitrogens with one attached hydrogen (secondary N) is 1. The van der Waals surface area contributed by atoms with Gasteiger partial charge in [-0.25, -0.2) is 4.68 Å². The van der Waals surface area contributed by atoms with E-state index in [-0.39, 0.29) is 5.69 Å². The Kier molecular flexibility index (Phi) is 3.12. The van der Waals surface area contributed by atoms with Gasteiger partial charge in [-0.2, -0.15) is 5.26 Å². The maximum atomic E-state index is 10.5. The summed E-state index contributed by atoms with van der Waals surface area (Å²) in [6, 6.07) is 11.5. The fourth-order valence-corrected chi connectivity index (χ4v) is 1.45. The molecule has 1 aromatic carbocycles. The van der Waals surface area contributed by atoms with Crippen molar-refractivity contribution in [2.45, 2.75) is 6.54 Å². The van der Waals surface area contributed by atoms with E-state index < -0.39 is 0 Å². The molecule has 1 amide bonds. The molecule has 0 aliphatic carbocycles. The highest BCUT2D eigenvalue weighted by Gasteiger charge is 2.11. The normalized spacial score (nSPS) is 9.59. The molecular weight excluding hydrogens is 218 g/mol. The summed E-state index contributed by atoms with van der Waals surface area (Å²) < 4.78 is 1.47. The standard InChI is InChI=1S/C11H9N5O/c12-6-10-11(13-8-17)16(15-14-10)7-9-4-2-1-3-5-9/h1-5,8H,7H2,(H,13,17). The lowest BCUT2D eigenvalue weighted by Crippen LogP contribution is -2.08. The van der Waals surface area contributed by atoms with Crippen LogP contribution in [0, 0.1) is 11.3 Å². The second-order valence-corrected chi connectivity index (χ2v) is 3.30. The SMILES string of the molecule is N#Cc1nnn(Cc2ccccc2)c1NC=O. The molecule has 2 rings (SSSR count). The molecule has 6 nitrogen and oxygen atoms in total. The van der Waals surface area contributed by atoms with Gasteiger partial charge in [0.2, 0.25) is 12.1 Å². The zero-order chi connectivity index (χ0) is 12.1. The summed E-state index contributed by atoms with van der Waals surface area (Å²) in [5.74, 6) is 0.311. The van der Waals surface area contributed by atoms with Crippen LogP contribution >= 0.6 is 0 Å². The van der Waals surface area contributed by atoms with Gasteiger partial charge in [0.05, 0.1) is 6.54 Å². The molecule has 0 unspecified atom stereocenters. The quantitative estimate of drug-likeness (QED) is 0.782. The second kappa shape index (κ2) is 4.90. The van der Waals surface area contributed by atoms with Crippen LogP contribution in [0.1, 0.15) is 11.3 Å². The average molecular weight is 227 g/mol. The number of nitrogens with zero attached hydrogens (tertiary/aromatic N) is 4. The minimum Gasteiger partial charge on any atom is -0.311 e. The van der Waals surface area contributed by atoms with Gasteiger partial charge in [0, 0.05) is 0 Å². The Hall–Kier alpha value is -2.68. The summed E-state index contributed by atoms with van der Waals surface area (Å²) in [6.45, 7) is 0.450. The lowest BCUT2D eigenvalue weighted by molar-refractivity contribution is -0.105. The maximum Gasteiger partial charge on any atom is 0.212 e. The number of hydrogen-bond donors (Lipinski definition) is 1. The van der Waals surface area contributed by atoms with Gasteiger partial charge in [-0.1, -0.05) is 35.5 Å². The van der Waals surface area contributed by atoms with E-state index in [0.29, 0.717) is 18.8 Å². The monoisotopic (exact) mass is 227 g/mol. The first-order chi connectivity index (χ1) is 8.35. The van der Waals surface area contributed by atoms with Crippen molar-refractivity contribution in [2.75, 3.05) is 5.32 Å². The first-order valence-corrected chi connectivity index (χ1v) is 4.93. The molecule has 6 heteroatoms. The van der Waals surface area contributed by atoms with Crippen molar-refractivity contribution in [1.82, 2.24) is 15.0 Å². The van der Waals surface area contributed by atoms with E-state index in [1.807, 2.05) is 36.4 Å². The van der Waals surface area contributed by atoms with Gasteiger partial charge >= 0.3 is 0 Å². The summed E-state index contributed by atoms with van der Waals surface area (Å²) in [4.78, 5) is 10.5. The van der Waals surface area contributed by atoms with Crippen LogP contribution in [-0.2, 0) is 11.3 Å². The van der Waals surface area contributed by atoms with Crippen LogP contribution in [0.15, 0.2) is 30.3 Å². The minimum absolute atomic E-state index is 0.105. The van der Waals surface area contributed by atoms with Crippen LogP contribution in [0.25, 0.3) is 0 Å². The van der Waals surface area contributed by atoms with Crippen molar-refractivity contribution in [3.05, 3.63) is 41.6 Å². The highest BCUT2D eigenvalue weighted by molar-refractivity contribution is 5.71. The number of anilines is 1. The fraction of sp³-hybridized carbons (Fsp3) is 0.0909. The largest absolute Gasteiger partial charge is 0.311 e. The number of benzene rings is 1. The van der Waals surface area contributed by atoms with Gasteiger partial charge < -0.3 is 5.32 Å². The third-order valence-corrected chi connectivity index (χ3v) is 2.21. The van der Waals surface area contributed by atoms with Crippen LogP contribution in [0.2, 0.25) is 0 Å². The molecule has 0 aliphatic rings. The van der Waals surface area contributed by atoms with Gasteiger partial charge in [-0.05, 0) is 5.56 Å². The van der Waals surface area contributed by atoms with E-state index in [4.69, 9.17) is 5.26 Å². The fourth-order valence-electron chi connectivity index (χ4n) is 1.45. The van der Waals surface area contributed by atoms with Crippen molar-refractivity contribution in [3.63, 3.8) is 0 Å². The molecule has 0 bridgehead atoms. The molecule has 2 aromatic rings. The van der Waals surface area contributed by atoms with Crippen molar-refractivity contribution in [3.8, 4) is 6.07 Å². The number of hydrogen-bond acceptors (Lipinski definition) is 4. The van der Waals surface area contributed by atoms with Crippen molar-refractivity contribution >= 4 is 12.2 Å². The third kappa shape index (κ3) is 2.29. The summed E-state index contributed by atoms with van der Waals surface area (Å²) in [5, 5.41) is 18.7. The number of carbonyl (C=O) groups is 1. The first kappa shape index (κ1) is 10.8. The van der Waals surface area contributed by atoms with Gasteiger partial charge in [0.15, 0.2) is 5.82 Å². The molecule has 1 N–H and O–H groups in total. The number of nitriles is 1. The predicted octanol–water partition coefficient (Wildman–Crippen LogP) is 0.766. The molecule has 17 heavy (non-hydrogen) atoms. The Labute approximate surface area is 97.5 Å². The zero-order valence-corrected chi connectivity index (χ0v) is 8.87. The van der Waals surface area contributed by atoms with Crippen LogP contribution in [0.3, 0.4) is 0 Å². The van der Waals surface area contributed by atoms with Gasteiger partial charge in [-0.3, -0.25) is 4.79 Å². The van der Waals surface area contributed by atoms with Gasteiger partial charge in [0.25, 0.3) is 0 Å². The van der Waals surface area contributed by atoms with Crippen LogP contribution in [-0.4, -0.2) is 21.4 Å². The maximum absolute atomic E-state index is 10.5. The Morgan fingerprint density at radius 1 is 1.41 bits per heavy atom. The smallest absolute Gasteiger partial charge is 0.212 e. The summed E-state index contributed by atoms with van der Waals surface area (Å²) >= 11 is 0. The second-order valence-electron chi connectivity index (χ2n) is 3.30. The molecule has 0 atom stereocenters. The first-order valence-electron chi connectivity index (χ1n) is 4.93. The van der Waals surface area contributed by atoms with Crippen LogP contribution in [0.4, 0.5) is 5.82 Å². The summed E-state index contributed by atoms with van der Waals surface area (Å²) in [6.07, 6.45) is 0.501. The van der Waals surface area contributed by atoms with E-state index in [9.17, 15) is 4.79 Å². The molecular formula is C11H9N5O. The van der Waals surface area contributed by atoms with E-state index in [0.717, 1.165) is 5.56 Å². The minimum atomic E-state index is 0.105. The third-order valence-electron chi connectivity index (χ3n) is 2.21. The lowest BCUT2D eigenvalue weighted by atomic mass is 10.2. The highest BCUT2D eigenvalue weighted by atomic mass is 16.1. The van der Waals surface area contributed by atoms with Gasteiger partial charge in [0.1, 0.15) is 6.07 Å². The summed E-state index contributed by atoms with van der Waals surface area (Å²) in [5.41, 5.74) is 1.11. The molecule has 1 aromatic heterocycles. The number of amides is 1. The molecule has 0 spiro atoms. The van der Waals surface area contributed by atoms with E-state index >= 15 is 0 Å². The van der Waals surface area contributed by atoms with Crippen molar-refractivity contribution < 1.29 is 4.79 Å². The number of aromatic nitrogens is 3. The van der Waals surface area contributed by atoms with E-state index in [1.54, 1.807) is 0 Å². The van der Waals surface area contributed by atoms with Crippen LogP contribution < -0.4 is 5.32 Å². The number of rotatable bonds is 4. The zero-order valence-electron chi connectivity index (χ0n) is 8.87. The number of carbonyl (C=O) groups excluding carboxylic acids is 1. The Morgan fingerprint density at radius 3 is 2.82 bits per heavy atom. The van der Waals surface area contributed by atoms with E-state index in [1.165, 1.54) is 4.68 Å². The molecule has 0 radical (unpaired) electrons. The lowest BCUT2D eigenvalue weighted by Gasteiger charge is -2.04. The van der Waals surface area contributed by atoms with E-state index in [2.05, 4.69) is 15.6 Å². The average Bonchev–Trinajstić information content (AvgIpc) is 2.74. The van der Waals surface area contributed by atoms with Crippen molar-refractivity contribution in [1.29, 1.82) is 5.26 Å². The molecule has 0 aliphatic heterocycles. The highest BCUT2D eigenvalue weighted by Crippen LogP contribution is 2.12. The Morgan fingerprint density at radius 2 is 2.18 bits per heavy atom.